The van der Waals surface area contributed by atoms with Crippen LogP contribution in [0.15, 0.2) is 30.3 Å². The third-order valence-electron chi connectivity index (χ3n) is 3.08. The van der Waals surface area contributed by atoms with Gasteiger partial charge in [0.25, 0.3) is 0 Å². The molecular weight excluding hydrogens is 272 g/mol. The Morgan fingerprint density at radius 3 is 3.00 bits per heavy atom. The fourth-order valence-electron chi connectivity index (χ4n) is 2.09. The highest BCUT2D eigenvalue weighted by atomic mass is 16.5. The number of carbonyl (C=O) groups excluding carboxylic acids is 1. The van der Waals surface area contributed by atoms with Crippen LogP contribution in [0.5, 0.6) is 0 Å². The molecule has 0 spiro atoms. The predicted octanol–water partition coefficient (Wildman–Crippen LogP) is 2.04. The molecule has 1 unspecified atom stereocenters. The van der Waals surface area contributed by atoms with E-state index in [9.17, 15) is 9.59 Å². The van der Waals surface area contributed by atoms with Crippen molar-refractivity contribution >= 4 is 23.8 Å². The molecule has 1 aromatic rings. The van der Waals surface area contributed by atoms with E-state index >= 15 is 0 Å². The Kier molecular flexibility index (Phi) is 4.94. The predicted molar refractivity (Wildman–Crippen MR) is 79.1 cm³/mol. The Balaban J connectivity index is 2.00. The van der Waals surface area contributed by atoms with Crippen molar-refractivity contribution in [2.24, 2.45) is 0 Å². The lowest BCUT2D eigenvalue weighted by Gasteiger charge is -2.31. The van der Waals surface area contributed by atoms with Gasteiger partial charge in [-0.2, -0.15) is 0 Å². The minimum Gasteiger partial charge on any atom is -0.478 e. The van der Waals surface area contributed by atoms with Gasteiger partial charge < -0.3 is 20.1 Å². The lowest BCUT2D eigenvalue weighted by atomic mass is 10.2. The van der Waals surface area contributed by atoms with E-state index in [0.717, 1.165) is 6.08 Å². The van der Waals surface area contributed by atoms with Crippen LogP contribution in [0.3, 0.4) is 0 Å². The number of rotatable bonds is 3. The Morgan fingerprint density at radius 1 is 1.48 bits per heavy atom. The summed E-state index contributed by atoms with van der Waals surface area (Å²) in [4.78, 5) is 24.3. The van der Waals surface area contributed by atoms with Gasteiger partial charge in [0.2, 0.25) is 0 Å². The quantitative estimate of drug-likeness (QED) is 0.835. The second-order valence-corrected chi connectivity index (χ2v) is 4.85. The summed E-state index contributed by atoms with van der Waals surface area (Å²) in [7, 11) is 0. The van der Waals surface area contributed by atoms with E-state index in [1.807, 2.05) is 6.92 Å². The molecule has 1 aromatic carbocycles. The van der Waals surface area contributed by atoms with E-state index in [1.165, 1.54) is 6.08 Å². The van der Waals surface area contributed by atoms with Crippen LogP contribution < -0.4 is 5.32 Å². The minimum absolute atomic E-state index is 0.0364. The number of hydrogen-bond donors (Lipinski definition) is 2. The summed E-state index contributed by atoms with van der Waals surface area (Å²) < 4.78 is 5.40. The molecule has 0 radical (unpaired) electrons. The number of aliphatic carboxylic acids is 1. The standard InChI is InChI=1S/C15H18N2O4/c1-11-10-17(7-8-21-11)15(20)16-13-4-2-3-12(9-13)5-6-14(18)19/h2-6,9,11H,7-8,10H2,1H3,(H,16,20)(H,18,19)/b6-5+. The van der Waals surface area contributed by atoms with Gasteiger partial charge in [-0.15, -0.1) is 0 Å². The van der Waals surface area contributed by atoms with Gasteiger partial charge >= 0.3 is 12.0 Å². The summed E-state index contributed by atoms with van der Waals surface area (Å²) in [6.07, 6.45) is 2.58. The summed E-state index contributed by atoms with van der Waals surface area (Å²) in [5.41, 5.74) is 1.34. The number of benzene rings is 1. The maximum Gasteiger partial charge on any atom is 0.328 e. The zero-order valence-electron chi connectivity index (χ0n) is 11.8. The van der Waals surface area contributed by atoms with Crippen LogP contribution in [0.4, 0.5) is 10.5 Å². The maximum absolute atomic E-state index is 12.1. The largest absolute Gasteiger partial charge is 0.478 e. The first kappa shape index (κ1) is 15.1. The molecule has 112 valence electrons. The number of carboxylic acids is 1. The average Bonchev–Trinajstić information content (AvgIpc) is 2.45. The molecule has 0 saturated carbocycles. The summed E-state index contributed by atoms with van der Waals surface area (Å²) in [6, 6.07) is 6.84. The Labute approximate surface area is 123 Å². The molecule has 2 N–H and O–H groups in total. The van der Waals surface area contributed by atoms with Crippen LogP contribution >= 0.6 is 0 Å². The number of amides is 2. The SMILES string of the molecule is CC1CN(C(=O)Nc2cccc(/C=C/C(=O)O)c2)CCO1. The summed E-state index contributed by atoms with van der Waals surface area (Å²) in [6.45, 7) is 3.59. The lowest BCUT2D eigenvalue weighted by Crippen LogP contribution is -2.46. The van der Waals surface area contributed by atoms with Crippen molar-refractivity contribution in [2.75, 3.05) is 25.0 Å². The van der Waals surface area contributed by atoms with Crippen molar-refractivity contribution in [3.05, 3.63) is 35.9 Å². The molecule has 0 bridgehead atoms. The number of urea groups is 1. The van der Waals surface area contributed by atoms with E-state index in [1.54, 1.807) is 29.2 Å². The fraction of sp³-hybridized carbons (Fsp3) is 0.333. The topological polar surface area (TPSA) is 78.9 Å². The first-order valence-electron chi connectivity index (χ1n) is 6.73. The molecule has 2 amide bonds. The molecule has 1 heterocycles. The zero-order valence-corrected chi connectivity index (χ0v) is 11.8. The van der Waals surface area contributed by atoms with Gasteiger partial charge in [-0.1, -0.05) is 12.1 Å². The number of nitrogens with one attached hydrogen (secondary N) is 1. The van der Waals surface area contributed by atoms with Gasteiger partial charge in [-0.3, -0.25) is 0 Å². The fourth-order valence-corrected chi connectivity index (χ4v) is 2.09. The zero-order chi connectivity index (χ0) is 15.2. The molecule has 21 heavy (non-hydrogen) atoms. The van der Waals surface area contributed by atoms with E-state index in [0.29, 0.717) is 30.9 Å². The molecule has 0 aliphatic carbocycles. The van der Waals surface area contributed by atoms with Crippen LogP contribution in [0.1, 0.15) is 12.5 Å². The molecule has 1 saturated heterocycles. The maximum atomic E-state index is 12.1. The van der Waals surface area contributed by atoms with E-state index in [2.05, 4.69) is 5.32 Å². The number of anilines is 1. The van der Waals surface area contributed by atoms with Crippen LogP contribution in [0, 0.1) is 0 Å². The van der Waals surface area contributed by atoms with Gasteiger partial charge in [0, 0.05) is 24.9 Å². The summed E-state index contributed by atoms with van der Waals surface area (Å²) in [5, 5.41) is 11.4. The second-order valence-electron chi connectivity index (χ2n) is 4.85. The van der Waals surface area contributed by atoms with Crippen LogP contribution in [0.2, 0.25) is 0 Å². The van der Waals surface area contributed by atoms with Crippen LogP contribution in [0.25, 0.3) is 6.08 Å². The number of hydrogen-bond acceptors (Lipinski definition) is 3. The molecule has 0 aromatic heterocycles. The molecule has 1 aliphatic heterocycles. The van der Waals surface area contributed by atoms with Gasteiger partial charge in [0.1, 0.15) is 0 Å². The van der Waals surface area contributed by atoms with Crippen molar-refractivity contribution < 1.29 is 19.4 Å². The number of ether oxygens (including phenoxy) is 1. The van der Waals surface area contributed by atoms with E-state index < -0.39 is 5.97 Å². The van der Waals surface area contributed by atoms with Crippen LogP contribution in [-0.2, 0) is 9.53 Å². The molecule has 1 fully saturated rings. The van der Waals surface area contributed by atoms with Crippen molar-refractivity contribution in [3.8, 4) is 0 Å². The molecule has 2 rings (SSSR count). The van der Waals surface area contributed by atoms with Crippen molar-refractivity contribution in [1.29, 1.82) is 0 Å². The third-order valence-corrected chi connectivity index (χ3v) is 3.08. The number of carbonyl (C=O) groups is 2. The monoisotopic (exact) mass is 290 g/mol. The normalized spacial score (nSPS) is 18.7. The molecular formula is C15H18N2O4. The van der Waals surface area contributed by atoms with Crippen molar-refractivity contribution in [3.63, 3.8) is 0 Å². The van der Waals surface area contributed by atoms with Crippen molar-refractivity contribution in [1.82, 2.24) is 4.90 Å². The molecule has 6 heteroatoms. The van der Waals surface area contributed by atoms with Crippen LogP contribution in [-0.4, -0.2) is 47.8 Å². The highest BCUT2D eigenvalue weighted by molar-refractivity contribution is 5.90. The first-order valence-corrected chi connectivity index (χ1v) is 6.73. The summed E-state index contributed by atoms with van der Waals surface area (Å²) >= 11 is 0. The van der Waals surface area contributed by atoms with Gasteiger partial charge in [0.15, 0.2) is 0 Å². The average molecular weight is 290 g/mol. The Morgan fingerprint density at radius 2 is 2.29 bits per heavy atom. The van der Waals surface area contributed by atoms with Gasteiger partial charge in [0.05, 0.1) is 12.7 Å². The van der Waals surface area contributed by atoms with E-state index in [4.69, 9.17) is 9.84 Å². The number of carboxylic acid groups (broad SMARTS) is 1. The third kappa shape index (κ3) is 4.61. The number of nitrogens with zero attached hydrogens (tertiary/aromatic N) is 1. The molecule has 1 aliphatic rings. The smallest absolute Gasteiger partial charge is 0.328 e. The Hall–Kier alpha value is -2.34. The van der Waals surface area contributed by atoms with Gasteiger partial charge in [-0.25, -0.2) is 9.59 Å². The number of morpholine rings is 1. The van der Waals surface area contributed by atoms with Gasteiger partial charge in [-0.05, 0) is 30.7 Å². The summed E-state index contributed by atoms with van der Waals surface area (Å²) in [5.74, 6) is -1.01. The minimum atomic E-state index is -1.01. The lowest BCUT2D eigenvalue weighted by molar-refractivity contribution is -0.131. The van der Waals surface area contributed by atoms with E-state index in [-0.39, 0.29) is 12.1 Å². The first-order chi connectivity index (χ1) is 10.0. The van der Waals surface area contributed by atoms with Crippen molar-refractivity contribution in [2.45, 2.75) is 13.0 Å². The second kappa shape index (κ2) is 6.90. The highest BCUT2D eigenvalue weighted by Crippen LogP contribution is 2.14. The molecule has 1 atom stereocenters. The Bertz CT molecular complexity index is 556. The molecule has 6 nitrogen and oxygen atoms in total. The highest BCUT2D eigenvalue weighted by Gasteiger charge is 2.21.